The highest BCUT2D eigenvalue weighted by atomic mass is 32.2. The third-order valence-electron chi connectivity index (χ3n) is 4.47. The lowest BCUT2D eigenvalue weighted by molar-refractivity contribution is -0.127. The van der Waals surface area contributed by atoms with Crippen molar-refractivity contribution in [3.05, 3.63) is 54.1 Å². The quantitative estimate of drug-likeness (QED) is 0.772. The highest BCUT2D eigenvalue weighted by Crippen LogP contribution is 2.36. The fraction of sp³-hybridized carbons (Fsp3) is 0.350. The maximum Gasteiger partial charge on any atom is 0.264 e. The number of ether oxygens (including phenoxy) is 1. The molecule has 0 spiro atoms. The van der Waals surface area contributed by atoms with E-state index in [2.05, 4.69) is 5.32 Å². The van der Waals surface area contributed by atoms with Crippen molar-refractivity contribution in [3.63, 3.8) is 0 Å². The van der Waals surface area contributed by atoms with E-state index in [9.17, 15) is 13.2 Å². The summed E-state index contributed by atoms with van der Waals surface area (Å²) in [6, 6.07) is 13.6. The number of benzene rings is 2. The number of carbonyl (C=O) groups is 1. The Labute approximate surface area is 160 Å². The van der Waals surface area contributed by atoms with E-state index in [0.29, 0.717) is 18.0 Å². The number of para-hydroxylation sites is 2. The molecule has 0 radical (unpaired) electrons. The second-order valence-corrected chi connectivity index (χ2v) is 8.43. The van der Waals surface area contributed by atoms with Crippen LogP contribution in [0.3, 0.4) is 0 Å². The number of amides is 1. The fourth-order valence-corrected chi connectivity index (χ4v) is 4.38. The van der Waals surface area contributed by atoms with Crippen molar-refractivity contribution >= 4 is 21.6 Å². The summed E-state index contributed by atoms with van der Waals surface area (Å²) in [6.45, 7) is 4.42. The number of fused-ring (bicyclic) bond motifs is 1. The van der Waals surface area contributed by atoms with Crippen LogP contribution in [0.1, 0.15) is 25.3 Å². The van der Waals surface area contributed by atoms with Crippen LogP contribution < -0.4 is 14.4 Å². The SMILES string of the molecule is CCCCNC(=O)C1CN(S(=O)(=O)c2ccc(C)cc2)c2ccccc2O1. The first-order valence-electron chi connectivity index (χ1n) is 9.06. The molecule has 1 atom stereocenters. The molecule has 0 bridgehead atoms. The van der Waals surface area contributed by atoms with E-state index >= 15 is 0 Å². The van der Waals surface area contributed by atoms with Crippen molar-refractivity contribution in [2.45, 2.75) is 37.7 Å². The van der Waals surface area contributed by atoms with Crippen LogP contribution in [0.15, 0.2) is 53.4 Å². The molecule has 1 aliphatic rings. The van der Waals surface area contributed by atoms with Crippen LogP contribution in [0, 0.1) is 6.92 Å². The summed E-state index contributed by atoms with van der Waals surface area (Å²) < 4.78 is 33.5. The maximum absolute atomic E-state index is 13.2. The van der Waals surface area contributed by atoms with Gasteiger partial charge in [0.25, 0.3) is 15.9 Å². The molecule has 1 heterocycles. The molecule has 7 heteroatoms. The zero-order chi connectivity index (χ0) is 19.4. The van der Waals surface area contributed by atoms with Gasteiger partial charge >= 0.3 is 0 Å². The molecule has 0 saturated heterocycles. The van der Waals surface area contributed by atoms with Gasteiger partial charge in [-0.25, -0.2) is 8.42 Å². The van der Waals surface area contributed by atoms with Gasteiger partial charge in [-0.1, -0.05) is 43.2 Å². The molecule has 0 aliphatic carbocycles. The molecule has 1 amide bonds. The van der Waals surface area contributed by atoms with Crippen molar-refractivity contribution in [1.29, 1.82) is 0 Å². The Morgan fingerprint density at radius 3 is 2.59 bits per heavy atom. The summed E-state index contributed by atoms with van der Waals surface area (Å²) in [5, 5.41) is 2.82. The summed E-state index contributed by atoms with van der Waals surface area (Å²) in [5.41, 5.74) is 1.42. The van der Waals surface area contributed by atoms with Crippen molar-refractivity contribution in [2.75, 3.05) is 17.4 Å². The second kappa shape index (κ2) is 8.00. The third-order valence-corrected chi connectivity index (χ3v) is 6.26. The molecule has 0 aromatic heterocycles. The van der Waals surface area contributed by atoms with Crippen LogP contribution in [0.4, 0.5) is 5.69 Å². The number of unbranched alkanes of at least 4 members (excludes halogenated alkanes) is 1. The van der Waals surface area contributed by atoms with Gasteiger partial charge < -0.3 is 10.1 Å². The molecule has 1 unspecified atom stereocenters. The molecule has 1 aliphatic heterocycles. The minimum atomic E-state index is -3.81. The predicted molar refractivity (Wildman–Crippen MR) is 104 cm³/mol. The molecule has 27 heavy (non-hydrogen) atoms. The molecule has 0 saturated carbocycles. The molecule has 0 fully saturated rings. The average molecular weight is 388 g/mol. The number of carbonyl (C=O) groups excluding carboxylic acids is 1. The molecule has 1 N–H and O–H groups in total. The maximum atomic E-state index is 13.2. The summed E-state index contributed by atoms with van der Waals surface area (Å²) >= 11 is 0. The lowest BCUT2D eigenvalue weighted by Gasteiger charge is -2.34. The molecule has 2 aromatic carbocycles. The Kier molecular flexibility index (Phi) is 5.70. The Hall–Kier alpha value is -2.54. The van der Waals surface area contributed by atoms with E-state index in [1.165, 1.54) is 4.31 Å². The van der Waals surface area contributed by atoms with Crippen molar-refractivity contribution < 1.29 is 17.9 Å². The third kappa shape index (κ3) is 4.08. The van der Waals surface area contributed by atoms with E-state index in [1.807, 2.05) is 13.8 Å². The molecular formula is C20H24N2O4S. The first kappa shape index (κ1) is 19.2. The van der Waals surface area contributed by atoms with Gasteiger partial charge in [-0.3, -0.25) is 9.10 Å². The Bertz CT molecular complexity index is 910. The lowest BCUT2D eigenvalue weighted by Crippen LogP contribution is -2.50. The minimum absolute atomic E-state index is 0.0643. The molecule has 3 rings (SSSR count). The van der Waals surface area contributed by atoms with E-state index in [1.54, 1.807) is 48.5 Å². The second-order valence-electron chi connectivity index (χ2n) is 6.57. The average Bonchev–Trinajstić information content (AvgIpc) is 2.67. The number of hydrogen-bond acceptors (Lipinski definition) is 4. The number of hydrogen-bond donors (Lipinski definition) is 1. The van der Waals surface area contributed by atoms with Crippen LogP contribution in [0.5, 0.6) is 5.75 Å². The van der Waals surface area contributed by atoms with E-state index in [4.69, 9.17) is 4.74 Å². The molecular weight excluding hydrogens is 364 g/mol. The summed E-state index contributed by atoms with van der Waals surface area (Å²) in [6.07, 6.45) is 0.931. The van der Waals surface area contributed by atoms with Crippen molar-refractivity contribution in [3.8, 4) is 5.75 Å². The first-order chi connectivity index (χ1) is 12.9. The van der Waals surface area contributed by atoms with Gasteiger partial charge in [0, 0.05) is 6.54 Å². The van der Waals surface area contributed by atoms with Gasteiger partial charge in [0.2, 0.25) is 0 Å². The van der Waals surface area contributed by atoms with E-state index < -0.39 is 16.1 Å². The topological polar surface area (TPSA) is 75.7 Å². The summed E-state index contributed by atoms with van der Waals surface area (Å²) in [7, 11) is -3.81. The van der Waals surface area contributed by atoms with Crippen LogP contribution in [-0.2, 0) is 14.8 Å². The van der Waals surface area contributed by atoms with Crippen LogP contribution in [0.2, 0.25) is 0 Å². The van der Waals surface area contributed by atoms with Gasteiger partial charge in [-0.15, -0.1) is 0 Å². The van der Waals surface area contributed by atoms with E-state index in [-0.39, 0.29) is 17.3 Å². The standard InChI is InChI=1S/C20H24N2O4S/c1-3-4-13-21-20(23)19-14-22(17-7-5-6-8-18(17)26-19)27(24,25)16-11-9-15(2)10-12-16/h5-12,19H,3-4,13-14H2,1-2H3,(H,21,23). The Balaban J connectivity index is 1.93. The molecule has 2 aromatic rings. The number of nitrogens with zero attached hydrogens (tertiary/aromatic N) is 1. The fourth-order valence-electron chi connectivity index (χ4n) is 2.91. The van der Waals surface area contributed by atoms with Gasteiger partial charge in [0.1, 0.15) is 5.75 Å². The number of anilines is 1. The number of sulfonamides is 1. The number of rotatable bonds is 6. The largest absolute Gasteiger partial charge is 0.476 e. The van der Waals surface area contributed by atoms with Crippen LogP contribution in [-0.4, -0.2) is 33.5 Å². The Morgan fingerprint density at radius 1 is 1.19 bits per heavy atom. The lowest BCUT2D eigenvalue weighted by atomic mass is 10.2. The van der Waals surface area contributed by atoms with Crippen LogP contribution >= 0.6 is 0 Å². The summed E-state index contributed by atoms with van der Waals surface area (Å²) in [4.78, 5) is 12.7. The Morgan fingerprint density at radius 2 is 1.89 bits per heavy atom. The normalized spacial score (nSPS) is 16.4. The number of nitrogens with one attached hydrogen (secondary N) is 1. The van der Waals surface area contributed by atoms with Crippen molar-refractivity contribution in [2.24, 2.45) is 0 Å². The van der Waals surface area contributed by atoms with Gasteiger partial charge in [0.05, 0.1) is 17.1 Å². The molecule has 6 nitrogen and oxygen atoms in total. The number of aryl methyl sites for hydroxylation is 1. The monoisotopic (exact) mass is 388 g/mol. The highest BCUT2D eigenvalue weighted by molar-refractivity contribution is 7.92. The minimum Gasteiger partial charge on any atom is -0.476 e. The van der Waals surface area contributed by atoms with Gasteiger partial charge in [-0.2, -0.15) is 0 Å². The predicted octanol–water partition coefficient (Wildman–Crippen LogP) is 2.87. The zero-order valence-electron chi connectivity index (χ0n) is 15.5. The van der Waals surface area contributed by atoms with Crippen LogP contribution in [0.25, 0.3) is 0 Å². The van der Waals surface area contributed by atoms with E-state index in [0.717, 1.165) is 18.4 Å². The summed E-state index contributed by atoms with van der Waals surface area (Å²) in [5.74, 6) is 0.0807. The van der Waals surface area contributed by atoms with Gasteiger partial charge in [-0.05, 0) is 37.6 Å². The van der Waals surface area contributed by atoms with Crippen molar-refractivity contribution in [1.82, 2.24) is 5.32 Å². The zero-order valence-corrected chi connectivity index (χ0v) is 16.3. The molecule has 144 valence electrons. The first-order valence-corrected chi connectivity index (χ1v) is 10.5. The van der Waals surface area contributed by atoms with Gasteiger partial charge in [0.15, 0.2) is 6.10 Å². The highest BCUT2D eigenvalue weighted by Gasteiger charge is 2.37. The smallest absolute Gasteiger partial charge is 0.264 e.